The molecule has 0 saturated carbocycles. The first kappa shape index (κ1) is 15.0. The summed E-state index contributed by atoms with van der Waals surface area (Å²) < 4.78 is 5.52. The second-order valence-corrected chi connectivity index (χ2v) is 5.73. The van der Waals surface area contributed by atoms with Gasteiger partial charge in [0.15, 0.2) is 0 Å². The molecular formula is C15H16INO3. The molecule has 5 heteroatoms. The SMILES string of the molecule is COC(=O)/C=C/[C@@H]1CCCN1C(=O)c1ccccc1I. The molecular weight excluding hydrogens is 369 g/mol. The van der Waals surface area contributed by atoms with Gasteiger partial charge in [0, 0.05) is 16.2 Å². The van der Waals surface area contributed by atoms with E-state index in [1.165, 1.54) is 13.2 Å². The molecule has 1 atom stereocenters. The molecule has 0 radical (unpaired) electrons. The number of methoxy groups -OCH3 is 1. The van der Waals surface area contributed by atoms with Gasteiger partial charge in [0.2, 0.25) is 0 Å². The number of amides is 1. The molecule has 1 heterocycles. The monoisotopic (exact) mass is 385 g/mol. The number of rotatable bonds is 3. The maximum Gasteiger partial charge on any atom is 0.330 e. The lowest BCUT2D eigenvalue weighted by atomic mass is 10.1. The topological polar surface area (TPSA) is 46.6 Å². The van der Waals surface area contributed by atoms with Crippen molar-refractivity contribution in [2.24, 2.45) is 0 Å². The molecule has 0 aromatic heterocycles. The van der Waals surface area contributed by atoms with E-state index in [-0.39, 0.29) is 11.9 Å². The van der Waals surface area contributed by atoms with Crippen LogP contribution >= 0.6 is 22.6 Å². The molecule has 1 aliphatic heterocycles. The predicted octanol–water partition coefficient (Wildman–Crippen LogP) is 2.63. The highest BCUT2D eigenvalue weighted by atomic mass is 127. The van der Waals surface area contributed by atoms with Gasteiger partial charge in [-0.05, 0) is 47.6 Å². The molecule has 1 fully saturated rings. The van der Waals surface area contributed by atoms with Gasteiger partial charge in [-0.15, -0.1) is 0 Å². The lowest BCUT2D eigenvalue weighted by Crippen LogP contribution is -2.34. The maximum absolute atomic E-state index is 12.6. The molecule has 0 N–H and O–H groups in total. The second-order valence-electron chi connectivity index (χ2n) is 4.57. The quantitative estimate of drug-likeness (QED) is 0.457. The van der Waals surface area contributed by atoms with Gasteiger partial charge in [-0.3, -0.25) is 4.79 Å². The van der Waals surface area contributed by atoms with E-state index >= 15 is 0 Å². The summed E-state index contributed by atoms with van der Waals surface area (Å²) in [6, 6.07) is 7.51. The Morgan fingerprint density at radius 3 is 2.85 bits per heavy atom. The number of esters is 1. The fraction of sp³-hybridized carbons (Fsp3) is 0.333. The van der Waals surface area contributed by atoms with Crippen LogP contribution in [0.4, 0.5) is 0 Å². The summed E-state index contributed by atoms with van der Waals surface area (Å²) in [5.41, 5.74) is 0.714. The fourth-order valence-corrected chi connectivity index (χ4v) is 2.91. The molecule has 4 nitrogen and oxygen atoms in total. The van der Waals surface area contributed by atoms with Crippen LogP contribution in [0.15, 0.2) is 36.4 Å². The normalized spacial score (nSPS) is 18.5. The van der Waals surface area contributed by atoms with Gasteiger partial charge in [-0.1, -0.05) is 18.2 Å². The van der Waals surface area contributed by atoms with E-state index in [0.717, 1.165) is 23.0 Å². The molecule has 1 aromatic rings. The molecule has 1 amide bonds. The minimum absolute atomic E-state index is 0.0204. The number of ether oxygens (including phenoxy) is 1. The average molecular weight is 385 g/mol. The van der Waals surface area contributed by atoms with Crippen molar-refractivity contribution in [3.8, 4) is 0 Å². The average Bonchev–Trinajstić information content (AvgIpc) is 2.93. The lowest BCUT2D eigenvalue weighted by molar-refractivity contribution is -0.134. The number of likely N-dealkylation sites (tertiary alicyclic amines) is 1. The highest BCUT2D eigenvalue weighted by Crippen LogP contribution is 2.23. The van der Waals surface area contributed by atoms with Crippen molar-refractivity contribution in [3.05, 3.63) is 45.6 Å². The van der Waals surface area contributed by atoms with E-state index in [4.69, 9.17) is 0 Å². The van der Waals surface area contributed by atoms with E-state index in [0.29, 0.717) is 5.56 Å². The highest BCUT2D eigenvalue weighted by molar-refractivity contribution is 14.1. The number of halogens is 1. The van der Waals surface area contributed by atoms with E-state index in [1.54, 1.807) is 6.08 Å². The summed E-state index contributed by atoms with van der Waals surface area (Å²) in [5.74, 6) is -0.370. The molecule has 0 spiro atoms. The van der Waals surface area contributed by atoms with Gasteiger partial charge in [0.05, 0.1) is 18.7 Å². The first-order valence-electron chi connectivity index (χ1n) is 6.45. The maximum atomic E-state index is 12.6. The van der Waals surface area contributed by atoms with Crippen LogP contribution in [0.3, 0.4) is 0 Å². The van der Waals surface area contributed by atoms with Crippen molar-refractivity contribution < 1.29 is 14.3 Å². The standard InChI is InChI=1S/C15H16INO3/c1-20-14(18)9-8-11-5-4-10-17(11)15(19)12-6-2-3-7-13(12)16/h2-3,6-9,11H,4-5,10H2,1H3/b9-8+/t11-/m0/s1. The second kappa shape index (κ2) is 6.88. The van der Waals surface area contributed by atoms with E-state index in [1.807, 2.05) is 29.2 Å². The molecule has 0 bridgehead atoms. The summed E-state index contributed by atoms with van der Waals surface area (Å²) in [7, 11) is 1.34. The highest BCUT2D eigenvalue weighted by Gasteiger charge is 2.28. The third-order valence-corrected chi connectivity index (χ3v) is 4.26. The lowest BCUT2D eigenvalue weighted by Gasteiger charge is -2.22. The first-order chi connectivity index (χ1) is 9.63. The van der Waals surface area contributed by atoms with Crippen LogP contribution in [0, 0.1) is 3.57 Å². The molecule has 1 aliphatic rings. The third-order valence-electron chi connectivity index (χ3n) is 3.32. The minimum Gasteiger partial charge on any atom is -0.466 e. The third kappa shape index (κ3) is 3.39. The zero-order valence-corrected chi connectivity index (χ0v) is 13.4. The summed E-state index contributed by atoms with van der Waals surface area (Å²) in [6.45, 7) is 0.722. The van der Waals surface area contributed by atoms with Gasteiger partial charge in [0.1, 0.15) is 0 Å². The van der Waals surface area contributed by atoms with E-state index in [2.05, 4.69) is 27.3 Å². The number of hydrogen-bond acceptors (Lipinski definition) is 3. The van der Waals surface area contributed by atoms with Crippen molar-refractivity contribution in [2.45, 2.75) is 18.9 Å². The number of benzene rings is 1. The molecule has 20 heavy (non-hydrogen) atoms. The Morgan fingerprint density at radius 1 is 1.40 bits per heavy atom. The Morgan fingerprint density at radius 2 is 2.15 bits per heavy atom. The van der Waals surface area contributed by atoms with Crippen LogP contribution in [0.25, 0.3) is 0 Å². The number of carbonyl (C=O) groups excluding carboxylic acids is 2. The van der Waals surface area contributed by atoms with Gasteiger partial charge in [-0.25, -0.2) is 4.79 Å². The van der Waals surface area contributed by atoms with E-state index < -0.39 is 5.97 Å². The Labute approximate surface area is 131 Å². The fourth-order valence-electron chi connectivity index (χ4n) is 2.29. The largest absolute Gasteiger partial charge is 0.466 e. The molecule has 1 aromatic carbocycles. The zero-order chi connectivity index (χ0) is 14.5. The first-order valence-corrected chi connectivity index (χ1v) is 7.53. The Balaban J connectivity index is 2.15. The molecule has 106 valence electrons. The van der Waals surface area contributed by atoms with Crippen molar-refractivity contribution in [1.82, 2.24) is 4.90 Å². The zero-order valence-electron chi connectivity index (χ0n) is 11.2. The summed E-state index contributed by atoms with van der Waals surface area (Å²) in [4.78, 5) is 25.5. The van der Waals surface area contributed by atoms with Crippen LogP contribution in [0.1, 0.15) is 23.2 Å². The Bertz CT molecular complexity index is 542. The number of carbonyl (C=O) groups is 2. The van der Waals surface area contributed by atoms with Gasteiger partial charge < -0.3 is 9.64 Å². The Hall–Kier alpha value is -1.37. The number of hydrogen-bond donors (Lipinski definition) is 0. The smallest absolute Gasteiger partial charge is 0.330 e. The Kier molecular flexibility index (Phi) is 5.17. The summed E-state index contributed by atoms with van der Waals surface area (Å²) >= 11 is 2.17. The van der Waals surface area contributed by atoms with Gasteiger partial charge >= 0.3 is 5.97 Å². The molecule has 1 saturated heterocycles. The van der Waals surface area contributed by atoms with E-state index in [9.17, 15) is 9.59 Å². The van der Waals surface area contributed by atoms with Crippen LogP contribution in [-0.4, -0.2) is 36.5 Å². The number of nitrogens with zero attached hydrogens (tertiary/aromatic N) is 1. The molecule has 2 rings (SSSR count). The van der Waals surface area contributed by atoms with Gasteiger partial charge in [0.25, 0.3) is 5.91 Å². The van der Waals surface area contributed by atoms with Crippen molar-refractivity contribution in [1.29, 1.82) is 0 Å². The predicted molar refractivity (Wildman–Crippen MR) is 84.4 cm³/mol. The van der Waals surface area contributed by atoms with Crippen LogP contribution < -0.4 is 0 Å². The minimum atomic E-state index is -0.390. The van der Waals surface area contributed by atoms with Crippen LogP contribution in [0.5, 0.6) is 0 Å². The van der Waals surface area contributed by atoms with Crippen molar-refractivity contribution >= 4 is 34.5 Å². The van der Waals surface area contributed by atoms with Gasteiger partial charge in [-0.2, -0.15) is 0 Å². The molecule has 0 unspecified atom stereocenters. The summed E-state index contributed by atoms with van der Waals surface area (Å²) in [6.07, 6.45) is 4.98. The van der Waals surface area contributed by atoms with Crippen LogP contribution in [-0.2, 0) is 9.53 Å². The molecule has 0 aliphatic carbocycles. The van der Waals surface area contributed by atoms with Crippen LogP contribution in [0.2, 0.25) is 0 Å². The van der Waals surface area contributed by atoms with Crippen molar-refractivity contribution in [3.63, 3.8) is 0 Å². The van der Waals surface area contributed by atoms with Crippen molar-refractivity contribution in [2.75, 3.05) is 13.7 Å². The summed E-state index contributed by atoms with van der Waals surface area (Å²) in [5, 5.41) is 0.